The number of fused-ring (bicyclic) bond motifs is 1. The van der Waals surface area contributed by atoms with E-state index in [4.69, 9.17) is 0 Å². The van der Waals surface area contributed by atoms with E-state index in [-0.39, 0.29) is 30.0 Å². The van der Waals surface area contributed by atoms with Gasteiger partial charge in [-0.15, -0.1) is 0 Å². The smallest absolute Gasteiger partial charge is 0.224 e. The standard InChI is InChI=1S/C14H18N2O3/c1-8(2)15-7-12(18)9-3-5-11(17)14-10(9)4-6-13(19)16-14/h3,5,8,15,17H,4,6-7H2,1-2H3,(H,16,19). The molecule has 5 nitrogen and oxygen atoms in total. The number of phenols is 1. The van der Waals surface area contributed by atoms with E-state index in [0.717, 1.165) is 5.56 Å². The molecule has 3 N–H and O–H groups in total. The predicted molar refractivity (Wildman–Crippen MR) is 72.5 cm³/mol. The van der Waals surface area contributed by atoms with Crippen LogP contribution >= 0.6 is 0 Å². The second kappa shape index (κ2) is 5.40. The largest absolute Gasteiger partial charge is 0.506 e. The van der Waals surface area contributed by atoms with Crippen LogP contribution in [0.2, 0.25) is 0 Å². The molecule has 0 saturated heterocycles. The van der Waals surface area contributed by atoms with Crippen molar-refractivity contribution in [3.63, 3.8) is 0 Å². The number of anilines is 1. The second-order valence-electron chi connectivity index (χ2n) is 4.99. The number of phenolic OH excluding ortho intramolecular Hbond substituents is 1. The van der Waals surface area contributed by atoms with E-state index in [9.17, 15) is 14.7 Å². The molecule has 0 atom stereocenters. The molecule has 0 radical (unpaired) electrons. The zero-order valence-electron chi connectivity index (χ0n) is 11.1. The number of hydrogen-bond donors (Lipinski definition) is 3. The number of Topliss-reactive ketones (excluding diaryl/α,β-unsaturated/α-hetero) is 1. The minimum atomic E-state index is -0.132. The van der Waals surface area contributed by atoms with Crippen molar-refractivity contribution < 1.29 is 14.7 Å². The molecule has 0 unspecified atom stereocenters. The summed E-state index contributed by atoms with van der Waals surface area (Å²) in [6.07, 6.45) is 0.826. The number of amides is 1. The van der Waals surface area contributed by atoms with E-state index < -0.39 is 0 Å². The lowest BCUT2D eigenvalue weighted by molar-refractivity contribution is -0.116. The Bertz CT molecular complexity index is 524. The zero-order valence-corrected chi connectivity index (χ0v) is 11.1. The van der Waals surface area contributed by atoms with Gasteiger partial charge in [0.15, 0.2) is 5.78 Å². The molecule has 19 heavy (non-hydrogen) atoms. The topological polar surface area (TPSA) is 78.4 Å². The molecule has 0 aliphatic carbocycles. The van der Waals surface area contributed by atoms with Crippen molar-refractivity contribution in [2.24, 2.45) is 0 Å². The van der Waals surface area contributed by atoms with Gasteiger partial charge in [0, 0.05) is 18.0 Å². The average molecular weight is 262 g/mol. The van der Waals surface area contributed by atoms with Gasteiger partial charge >= 0.3 is 0 Å². The van der Waals surface area contributed by atoms with Crippen molar-refractivity contribution in [2.75, 3.05) is 11.9 Å². The van der Waals surface area contributed by atoms with Crippen LogP contribution in [0.15, 0.2) is 12.1 Å². The van der Waals surface area contributed by atoms with Crippen molar-refractivity contribution in [1.29, 1.82) is 0 Å². The summed E-state index contributed by atoms with van der Waals surface area (Å²) in [7, 11) is 0. The summed E-state index contributed by atoms with van der Waals surface area (Å²) in [6.45, 7) is 4.20. The molecule has 0 aromatic heterocycles. The van der Waals surface area contributed by atoms with Crippen molar-refractivity contribution in [1.82, 2.24) is 5.32 Å². The molecule has 0 saturated carbocycles. The van der Waals surface area contributed by atoms with E-state index in [1.54, 1.807) is 6.07 Å². The Morgan fingerprint density at radius 3 is 2.84 bits per heavy atom. The molecule has 1 heterocycles. The molecule has 1 aromatic carbocycles. The molecular weight excluding hydrogens is 244 g/mol. The maximum atomic E-state index is 12.2. The second-order valence-corrected chi connectivity index (χ2v) is 4.99. The normalized spacial score (nSPS) is 14.2. The van der Waals surface area contributed by atoms with Crippen molar-refractivity contribution in [3.05, 3.63) is 23.3 Å². The minimum absolute atomic E-state index is 0.0106. The molecule has 0 bridgehead atoms. The van der Waals surface area contributed by atoms with Crippen LogP contribution in [0.1, 0.15) is 36.2 Å². The van der Waals surface area contributed by atoms with Crippen molar-refractivity contribution in [3.8, 4) is 5.75 Å². The van der Waals surface area contributed by atoms with Gasteiger partial charge in [-0.1, -0.05) is 13.8 Å². The van der Waals surface area contributed by atoms with E-state index in [1.165, 1.54) is 6.07 Å². The maximum absolute atomic E-state index is 12.2. The van der Waals surface area contributed by atoms with Gasteiger partial charge in [0.1, 0.15) is 5.75 Å². The Hall–Kier alpha value is -1.88. The van der Waals surface area contributed by atoms with Crippen LogP contribution in [0.5, 0.6) is 5.75 Å². The lowest BCUT2D eigenvalue weighted by Gasteiger charge is -2.20. The monoisotopic (exact) mass is 262 g/mol. The lowest BCUT2D eigenvalue weighted by atomic mass is 9.94. The molecule has 102 valence electrons. The third-order valence-corrected chi connectivity index (χ3v) is 3.13. The Kier molecular flexibility index (Phi) is 3.85. The van der Waals surface area contributed by atoms with Crippen LogP contribution in [0.4, 0.5) is 5.69 Å². The van der Waals surface area contributed by atoms with Crippen LogP contribution in [0, 0.1) is 0 Å². The highest BCUT2D eigenvalue weighted by Crippen LogP contribution is 2.34. The van der Waals surface area contributed by atoms with Gasteiger partial charge in [-0.3, -0.25) is 9.59 Å². The summed E-state index contributed by atoms with van der Waals surface area (Å²) >= 11 is 0. The minimum Gasteiger partial charge on any atom is -0.506 e. The summed E-state index contributed by atoms with van der Waals surface area (Å²) < 4.78 is 0. The van der Waals surface area contributed by atoms with Crippen LogP contribution < -0.4 is 10.6 Å². The first kappa shape index (κ1) is 13.5. The summed E-state index contributed by atoms with van der Waals surface area (Å²) in [5, 5.41) is 15.5. The number of aromatic hydroxyl groups is 1. The Morgan fingerprint density at radius 2 is 2.16 bits per heavy atom. The van der Waals surface area contributed by atoms with Crippen molar-refractivity contribution >= 4 is 17.4 Å². The highest BCUT2D eigenvalue weighted by molar-refractivity contribution is 6.04. The summed E-state index contributed by atoms with van der Waals surface area (Å²) in [4.78, 5) is 23.5. The van der Waals surface area contributed by atoms with Gasteiger partial charge in [0.05, 0.1) is 12.2 Å². The molecule has 1 aliphatic rings. The van der Waals surface area contributed by atoms with Crippen molar-refractivity contribution in [2.45, 2.75) is 32.7 Å². The fourth-order valence-corrected chi connectivity index (χ4v) is 2.13. The van der Waals surface area contributed by atoms with Gasteiger partial charge in [0.25, 0.3) is 0 Å². The lowest BCUT2D eigenvalue weighted by Crippen LogP contribution is -2.30. The number of rotatable bonds is 4. The number of hydrogen-bond acceptors (Lipinski definition) is 4. The number of carbonyl (C=O) groups is 2. The zero-order chi connectivity index (χ0) is 14.0. The van der Waals surface area contributed by atoms with E-state index in [2.05, 4.69) is 10.6 Å². The highest BCUT2D eigenvalue weighted by Gasteiger charge is 2.23. The fraction of sp³-hybridized carbons (Fsp3) is 0.429. The highest BCUT2D eigenvalue weighted by atomic mass is 16.3. The first-order valence-electron chi connectivity index (χ1n) is 6.40. The van der Waals surface area contributed by atoms with Gasteiger partial charge in [-0.2, -0.15) is 0 Å². The fourth-order valence-electron chi connectivity index (χ4n) is 2.13. The molecule has 0 spiro atoms. The third-order valence-electron chi connectivity index (χ3n) is 3.13. The number of nitrogens with one attached hydrogen (secondary N) is 2. The van der Waals surface area contributed by atoms with Crippen LogP contribution in [0.3, 0.4) is 0 Å². The SMILES string of the molecule is CC(C)NCC(=O)c1ccc(O)c2c1CCC(=O)N2. The van der Waals surface area contributed by atoms with Crippen LogP contribution in [-0.4, -0.2) is 29.4 Å². The van der Waals surface area contributed by atoms with E-state index in [0.29, 0.717) is 24.1 Å². The number of carbonyl (C=O) groups excluding carboxylic acids is 2. The quantitative estimate of drug-likeness (QED) is 0.567. The maximum Gasteiger partial charge on any atom is 0.224 e. The summed E-state index contributed by atoms with van der Waals surface area (Å²) in [5.74, 6) is -0.148. The molecule has 5 heteroatoms. The Morgan fingerprint density at radius 1 is 1.42 bits per heavy atom. The Balaban J connectivity index is 2.29. The van der Waals surface area contributed by atoms with Gasteiger partial charge in [0.2, 0.25) is 5.91 Å². The molecule has 1 aliphatic heterocycles. The number of ketones is 1. The van der Waals surface area contributed by atoms with Gasteiger partial charge < -0.3 is 15.7 Å². The predicted octanol–water partition coefficient (Wildman–Crippen LogP) is 1.46. The third kappa shape index (κ3) is 2.93. The summed E-state index contributed by atoms with van der Waals surface area (Å²) in [5.41, 5.74) is 1.68. The molecule has 2 rings (SSSR count). The first-order valence-corrected chi connectivity index (χ1v) is 6.40. The molecule has 0 fully saturated rings. The molecule has 1 amide bonds. The van der Waals surface area contributed by atoms with E-state index in [1.807, 2.05) is 13.8 Å². The average Bonchev–Trinajstić information content (AvgIpc) is 2.37. The first-order chi connectivity index (χ1) is 8.99. The van der Waals surface area contributed by atoms with Crippen LogP contribution in [-0.2, 0) is 11.2 Å². The molecular formula is C14H18N2O3. The van der Waals surface area contributed by atoms with E-state index >= 15 is 0 Å². The van der Waals surface area contributed by atoms with Gasteiger partial charge in [-0.05, 0) is 24.1 Å². The Labute approximate surface area is 112 Å². The van der Waals surface area contributed by atoms with Gasteiger partial charge in [-0.25, -0.2) is 0 Å². The van der Waals surface area contributed by atoms with Crippen LogP contribution in [0.25, 0.3) is 0 Å². The number of benzene rings is 1. The molecule has 1 aromatic rings. The summed E-state index contributed by atoms with van der Waals surface area (Å²) in [6, 6.07) is 3.31.